The van der Waals surface area contributed by atoms with E-state index in [0.29, 0.717) is 11.6 Å². The molecule has 0 bridgehead atoms. The lowest BCUT2D eigenvalue weighted by molar-refractivity contribution is -0.135. The highest BCUT2D eigenvalue weighted by Crippen LogP contribution is 2.20. The first-order valence-electron chi connectivity index (χ1n) is 6.32. The molecule has 0 aromatic heterocycles. The van der Waals surface area contributed by atoms with E-state index in [9.17, 15) is 4.79 Å². The van der Waals surface area contributed by atoms with E-state index in [-0.39, 0.29) is 6.54 Å². The first kappa shape index (κ1) is 14.4. The van der Waals surface area contributed by atoms with E-state index in [1.165, 1.54) is 5.56 Å². The average Bonchev–Trinajstić information content (AvgIpc) is 2.41. The Hall–Kier alpha value is -2.00. The van der Waals surface area contributed by atoms with Crippen LogP contribution in [0.1, 0.15) is 11.1 Å². The van der Waals surface area contributed by atoms with Crippen molar-refractivity contribution in [3.05, 3.63) is 64.7 Å². The second kappa shape index (κ2) is 6.44. The molecule has 0 saturated carbocycles. The molecule has 0 heterocycles. The molecule has 104 valence electrons. The van der Waals surface area contributed by atoms with Crippen molar-refractivity contribution in [3.63, 3.8) is 0 Å². The second-order valence-electron chi connectivity index (χ2n) is 4.71. The Labute approximate surface area is 123 Å². The van der Waals surface area contributed by atoms with Crippen molar-refractivity contribution in [2.45, 2.75) is 13.5 Å². The van der Waals surface area contributed by atoms with Gasteiger partial charge in [-0.2, -0.15) is 0 Å². The summed E-state index contributed by atoms with van der Waals surface area (Å²) in [6, 6.07) is 15.3. The lowest BCUT2D eigenvalue weighted by atomic mass is 10.1. The minimum atomic E-state index is -0.855. The summed E-state index contributed by atoms with van der Waals surface area (Å²) in [7, 11) is 0. The fourth-order valence-corrected chi connectivity index (χ4v) is 2.09. The van der Waals surface area contributed by atoms with Crippen molar-refractivity contribution < 1.29 is 9.90 Å². The van der Waals surface area contributed by atoms with Crippen LogP contribution in [0.5, 0.6) is 0 Å². The maximum absolute atomic E-state index is 11.0. The van der Waals surface area contributed by atoms with Crippen LogP contribution in [0.4, 0.5) is 5.69 Å². The largest absolute Gasteiger partial charge is 0.480 e. The number of halogens is 1. The number of carbonyl (C=O) groups is 1. The van der Waals surface area contributed by atoms with Crippen molar-refractivity contribution in [2.24, 2.45) is 0 Å². The summed E-state index contributed by atoms with van der Waals surface area (Å²) in [5, 5.41) is 9.69. The molecule has 0 radical (unpaired) electrons. The number of nitrogens with zero attached hydrogens (tertiary/aromatic N) is 1. The van der Waals surface area contributed by atoms with Crippen molar-refractivity contribution in [3.8, 4) is 0 Å². The van der Waals surface area contributed by atoms with Gasteiger partial charge in [-0.15, -0.1) is 0 Å². The van der Waals surface area contributed by atoms with Crippen LogP contribution in [0.15, 0.2) is 48.5 Å². The van der Waals surface area contributed by atoms with Gasteiger partial charge in [0.2, 0.25) is 0 Å². The third kappa shape index (κ3) is 4.00. The lowest BCUT2D eigenvalue weighted by Gasteiger charge is -2.23. The Morgan fingerprint density at radius 1 is 1.10 bits per heavy atom. The number of aliphatic carboxylic acids is 1. The number of rotatable bonds is 5. The van der Waals surface area contributed by atoms with Crippen molar-refractivity contribution in [1.29, 1.82) is 0 Å². The van der Waals surface area contributed by atoms with E-state index in [1.807, 2.05) is 48.2 Å². The lowest BCUT2D eigenvalue weighted by Crippen LogP contribution is -2.29. The highest BCUT2D eigenvalue weighted by atomic mass is 35.5. The van der Waals surface area contributed by atoms with E-state index in [1.54, 1.807) is 12.1 Å². The first-order chi connectivity index (χ1) is 9.54. The van der Waals surface area contributed by atoms with Gasteiger partial charge in [0.05, 0.1) is 0 Å². The Kier molecular flexibility index (Phi) is 4.64. The van der Waals surface area contributed by atoms with Crippen LogP contribution < -0.4 is 4.90 Å². The molecular weight excluding hydrogens is 274 g/mol. The van der Waals surface area contributed by atoms with Gasteiger partial charge < -0.3 is 10.0 Å². The molecule has 0 saturated heterocycles. The summed E-state index contributed by atoms with van der Waals surface area (Å²) >= 11 is 5.86. The molecule has 2 aromatic carbocycles. The molecule has 0 fully saturated rings. The SMILES string of the molecule is Cc1ccc(CN(CC(=O)O)c2ccc(Cl)cc2)cc1. The molecule has 0 unspecified atom stereocenters. The molecule has 0 spiro atoms. The fraction of sp³-hybridized carbons (Fsp3) is 0.188. The van der Waals surface area contributed by atoms with Crippen molar-refractivity contribution >= 4 is 23.3 Å². The summed E-state index contributed by atoms with van der Waals surface area (Å²) in [5.41, 5.74) is 3.11. The molecule has 4 heteroatoms. The van der Waals surface area contributed by atoms with Crippen molar-refractivity contribution in [1.82, 2.24) is 0 Å². The fourth-order valence-electron chi connectivity index (χ4n) is 1.97. The summed E-state index contributed by atoms with van der Waals surface area (Å²) in [6.07, 6.45) is 0. The number of hydrogen-bond acceptors (Lipinski definition) is 2. The number of aryl methyl sites for hydroxylation is 1. The summed E-state index contributed by atoms with van der Waals surface area (Å²) in [5.74, 6) is -0.855. The van der Waals surface area contributed by atoms with Crippen LogP contribution in [0.3, 0.4) is 0 Å². The summed E-state index contributed by atoms with van der Waals surface area (Å²) in [6.45, 7) is 2.53. The van der Waals surface area contributed by atoms with Gasteiger partial charge in [-0.3, -0.25) is 4.79 Å². The molecule has 0 atom stereocenters. The van der Waals surface area contributed by atoms with Gasteiger partial charge in [-0.05, 0) is 36.8 Å². The molecular formula is C16H16ClNO2. The zero-order chi connectivity index (χ0) is 14.5. The molecule has 2 aromatic rings. The van der Waals surface area contributed by atoms with Crippen LogP contribution in [0.2, 0.25) is 5.02 Å². The monoisotopic (exact) mass is 289 g/mol. The van der Waals surface area contributed by atoms with Gasteiger partial charge in [-0.25, -0.2) is 0 Å². The Morgan fingerprint density at radius 3 is 2.25 bits per heavy atom. The van der Waals surface area contributed by atoms with E-state index in [0.717, 1.165) is 11.3 Å². The zero-order valence-corrected chi connectivity index (χ0v) is 12.0. The normalized spacial score (nSPS) is 10.3. The number of carboxylic acid groups (broad SMARTS) is 1. The smallest absolute Gasteiger partial charge is 0.323 e. The quantitative estimate of drug-likeness (QED) is 0.911. The van der Waals surface area contributed by atoms with Crippen LogP contribution in [0, 0.1) is 6.92 Å². The molecule has 3 nitrogen and oxygen atoms in total. The molecule has 1 N–H and O–H groups in total. The maximum Gasteiger partial charge on any atom is 0.323 e. The van der Waals surface area contributed by atoms with Crippen LogP contribution in [-0.2, 0) is 11.3 Å². The van der Waals surface area contributed by atoms with Crippen LogP contribution in [0.25, 0.3) is 0 Å². The Bertz CT molecular complexity index is 578. The maximum atomic E-state index is 11.0. The zero-order valence-electron chi connectivity index (χ0n) is 11.2. The molecule has 0 aliphatic rings. The Morgan fingerprint density at radius 2 is 1.70 bits per heavy atom. The minimum Gasteiger partial charge on any atom is -0.480 e. The summed E-state index contributed by atoms with van der Waals surface area (Å²) < 4.78 is 0. The molecule has 0 aliphatic heterocycles. The number of carboxylic acids is 1. The van der Waals surface area contributed by atoms with E-state index in [2.05, 4.69) is 0 Å². The molecule has 20 heavy (non-hydrogen) atoms. The van der Waals surface area contributed by atoms with E-state index < -0.39 is 5.97 Å². The topological polar surface area (TPSA) is 40.5 Å². The van der Waals surface area contributed by atoms with Crippen LogP contribution >= 0.6 is 11.6 Å². The van der Waals surface area contributed by atoms with Gasteiger partial charge in [0.15, 0.2) is 0 Å². The van der Waals surface area contributed by atoms with Crippen molar-refractivity contribution in [2.75, 3.05) is 11.4 Å². The van der Waals surface area contributed by atoms with Gasteiger partial charge in [0.1, 0.15) is 6.54 Å². The van der Waals surface area contributed by atoms with Gasteiger partial charge in [0, 0.05) is 17.3 Å². The van der Waals surface area contributed by atoms with Gasteiger partial charge in [0.25, 0.3) is 0 Å². The van der Waals surface area contributed by atoms with Gasteiger partial charge >= 0.3 is 5.97 Å². The first-order valence-corrected chi connectivity index (χ1v) is 6.70. The Balaban J connectivity index is 2.21. The number of anilines is 1. The molecule has 2 rings (SSSR count). The summed E-state index contributed by atoms with van der Waals surface area (Å²) in [4.78, 5) is 12.8. The van der Waals surface area contributed by atoms with E-state index >= 15 is 0 Å². The molecule has 0 aliphatic carbocycles. The predicted molar refractivity (Wildman–Crippen MR) is 81.3 cm³/mol. The third-order valence-corrected chi connectivity index (χ3v) is 3.26. The highest BCUT2D eigenvalue weighted by molar-refractivity contribution is 6.30. The average molecular weight is 290 g/mol. The standard InChI is InChI=1S/C16H16ClNO2/c1-12-2-4-13(5-3-12)10-18(11-16(19)20)15-8-6-14(17)7-9-15/h2-9H,10-11H2,1H3,(H,19,20). The van der Waals surface area contributed by atoms with E-state index in [4.69, 9.17) is 16.7 Å². The van der Waals surface area contributed by atoms with Gasteiger partial charge in [-0.1, -0.05) is 41.4 Å². The molecule has 0 amide bonds. The van der Waals surface area contributed by atoms with Crippen LogP contribution in [-0.4, -0.2) is 17.6 Å². The number of hydrogen-bond donors (Lipinski definition) is 1. The predicted octanol–water partition coefficient (Wildman–Crippen LogP) is 3.74. The third-order valence-electron chi connectivity index (χ3n) is 3.01. The number of benzene rings is 2. The minimum absolute atomic E-state index is 0.0461. The second-order valence-corrected chi connectivity index (χ2v) is 5.15. The highest BCUT2D eigenvalue weighted by Gasteiger charge is 2.11.